The number of carbonyl (C=O) groups is 2. The van der Waals surface area contributed by atoms with Gasteiger partial charge in [-0.25, -0.2) is 0 Å². The zero-order chi connectivity index (χ0) is 43.4. The summed E-state index contributed by atoms with van der Waals surface area (Å²) in [5.41, 5.74) is 0. The Morgan fingerprint density at radius 1 is 0.508 bits per heavy atom. The van der Waals surface area contributed by atoms with Gasteiger partial charge in [-0.15, -0.1) is 0 Å². The molecule has 1 aliphatic rings. The molecule has 0 aromatic carbocycles. The second-order valence-electron chi connectivity index (χ2n) is 17.1. The molecule has 1 rings (SSSR count). The summed E-state index contributed by atoms with van der Waals surface area (Å²) in [5, 5.41) is 30.9. The second-order valence-corrected chi connectivity index (χ2v) is 18.6. The molecule has 12 nitrogen and oxygen atoms in total. The predicted molar refractivity (Wildman–Crippen MR) is 234 cm³/mol. The molecule has 0 aromatic heterocycles. The summed E-state index contributed by atoms with van der Waals surface area (Å²) in [6.45, 7) is 3.79. The maximum absolute atomic E-state index is 12.8. The second kappa shape index (κ2) is 37.2. The smallest absolute Gasteiger partial charge is 0.306 e. The summed E-state index contributed by atoms with van der Waals surface area (Å²) in [7, 11) is -4.60. The molecule has 6 atom stereocenters. The summed E-state index contributed by atoms with van der Waals surface area (Å²) in [6.07, 6.45) is 28.5. The first kappa shape index (κ1) is 55.7. The Morgan fingerprint density at radius 3 is 1.24 bits per heavy atom. The highest BCUT2D eigenvalue weighted by Crippen LogP contribution is 2.24. The van der Waals surface area contributed by atoms with Crippen molar-refractivity contribution >= 4 is 22.1 Å². The number of rotatable bonds is 41. The van der Waals surface area contributed by atoms with E-state index in [1.54, 1.807) is 0 Å². The van der Waals surface area contributed by atoms with Crippen LogP contribution in [0.2, 0.25) is 0 Å². The molecule has 350 valence electrons. The van der Waals surface area contributed by atoms with Gasteiger partial charge in [0.1, 0.15) is 36.8 Å². The highest BCUT2D eigenvalue weighted by Gasteiger charge is 2.46. The van der Waals surface area contributed by atoms with E-state index in [1.807, 2.05) is 0 Å². The minimum Gasteiger partial charge on any atom is -0.462 e. The lowest BCUT2D eigenvalue weighted by Gasteiger charge is -2.40. The lowest BCUT2D eigenvalue weighted by atomic mass is 10.00. The van der Waals surface area contributed by atoms with Crippen LogP contribution in [0, 0.1) is 0 Å². The van der Waals surface area contributed by atoms with Crippen LogP contribution in [0.15, 0.2) is 0 Å². The molecule has 59 heavy (non-hydrogen) atoms. The first-order valence-corrected chi connectivity index (χ1v) is 25.7. The molecular formula is C46H88O12S. The van der Waals surface area contributed by atoms with E-state index in [2.05, 4.69) is 13.8 Å². The zero-order valence-corrected chi connectivity index (χ0v) is 38.2. The maximum atomic E-state index is 12.8. The Balaban J connectivity index is 2.40. The first-order chi connectivity index (χ1) is 28.5. The van der Waals surface area contributed by atoms with Crippen LogP contribution < -0.4 is 0 Å². The molecule has 0 saturated carbocycles. The van der Waals surface area contributed by atoms with Gasteiger partial charge >= 0.3 is 11.9 Å². The standard InChI is InChI=1S/C46H88O12S/c1-3-5-7-9-11-13-15-17-19-21-23-25-27-29-31-33-35-42(48)57-39(37-56-46-45(51)44(50)43(49)40(58-46)38-59(52,53)54)36-55-41(47)34-32-30-28-26-24-22-20-18-16-14-12-10-8-6-4-2/h39-40,43-46,49-51H,3-38H2,1-2H3,(H,52,53,54). The van der Waals surface area contributed by atoms with Gasteiger partial charge in [0.2, 0.25) is 0 Å². The summed E-state index contributed by atoms with van der Waals surface area (Å²) >= 11 is 0. The van der Waals surface area contributed by atoms with Crippen LogP contribution in [0.4, 0.5) is 0 Å². The fourth-order valence-corrected chi connectivity index (χ4v) is 8.37. The Kier molecular flexibility index (Phi) is 35.1. The van der Waals surface area contributed by atoms with Gasteiger partial charge in [-0.1, -0.05) is 200 Å². The third kappa shape index (κ3) is 32.1. The first-order valence-electron chi connectivity index (χ1n) is 24.1. The van der Waals surface area contributed by atoms with E-state index in [0.29, 0.717) is 12.8 Å². The topological polar surface area (TPSA) is 186 Å². The molecule has 1 fully saturated rings. The van der Waals surface area contributed by atoms with Crippen molar-refractivity contribution < 1.29 is 56.8 Å². The van der Waals surface area contributed by atoms with E-state index < -0.39 is 71.2 Å². The molecule has 4 N–H and O–H groups in total. The van der Waals surface area contributed by atoms with Gasteiger partial charge in [0.25, 0.3) is 10.1 Å². The highest BCUT2D eigenvalue weighted by molar-refractivity contribution is 7.85. The molecule has 0 bridgehead atoms. The van der Waals surface area contributed by atoms with Crippen LogP contribution in [0.3, 0.4) is 0 Å². The van der Waals surface area contributed by atoms with Gasteiger partial charge in [0, 0.05) is 12.8 Å². The third-order valence-corrected chi connectivity index (χ3v) is 12.2. The van der Waals surface area contributed by atoms with Gasteiger partial charge in [-0.2, -0.15) is 8.42 Å². The fraction of sp³-hybridized carbons (Fsp3) is 0.957. The number of carbonyl (C=O) groups excluding carboxylic acids is 2. The summed E-state index contributed by atoms with van der Waals surface area (Å²) in [6, 6.07) is 0. The minimum atomic E-state index is -4.60. The Morgan fingerprint density at radius 2 is 0.864 bits per heavy atom. The maximum Gasteiger partial charge on any atom is 0.306 e. The number of aliphatic hydroxyl groups excluding tert-OH is 3. The molecule has 1 saturated heterocycles. The molecule has 0 radical (unpaired) electrons. The number of aliphatic hydroxyl groups is 3. The SMILES string of the molecule is CCCCCCCCCCCCCCCCCCC(=O)OC(COC(=O)CCCCCCCCCCCCCCCCC)COC1OC(CS(=O)(=O)O)C(O)C(O)C1O. The monoisotopic (exact) mass is 865 g/mol. The molecule has 0 amide bonds. The van der Waals surface area contributed by atoms with Gasteiger partial charge in [0.05, 0.1) is 6.61 Å². The number of hydrogen-bond acceptors (Lipinski definition) is 11. The van der Waals surface area contributed by atoms with Crippen LogP contribution in [-0.2, 0) is 38.7 Å². The molecule has 0 aliphatic carbocycles. The summed E-state index contributed by atoms with van der Waals surface area (Å²) in [5.74, 6) is -1.96. The average Bonchev–Trinajstić information content (AvgIpc) is 3.20. The summed E-state index contributed by atoms with van der Waals surface area (Å²) in [4.78, 5) is 25.4. The van der Waals surface area contributed by atoms with Crippen LogP contribution >= 0.6 is 0 Å². The third-order valence-electron chi connectivity index (χ3n) is 11.4. The van der Waals surface area contributed by atoms with Crippen molar-refractivity contribution in [1.82, 2.24) is 0 Å². The highest BCUT2D eigenvalue weighted by atomic mass is 32.2. The largest absolute Gasteiger partial charge is 0.462 e. The number of ether oxygens (including phenoxy) is 4. The van der Waals surface area contributed by atoms with Crippen molar-refractivity contribution in [2.24, 2.45) is 0 Å². The molecule has 1 aliphatic heterocycles. The van der Waals surface area contributed by atoms with Crippen molar-refractivity contribution in [2.45, 2.75) is 263 Å². The molecular weight excluding hydrogens is 777 g/mol. The van der Waals surface area contributed by atoms with E-state index >= 15 is 0 Å². The molecule has 0 aromatic rings. The van der Waals surface area contributed by atoms with Crippen LogP contribution in [0.5, 0.6) is 0 Å². The van der Waals surface area contributed by atoms with Crippen LogP contribution in [0.1, 0.15) is 226 Å². The van der Waals surface area contributed by atoms with Gasteiger partial charge in [0.15, 0.2) is 12.4 Å². The average molecular weight is 865 g/mol. The quantitative estimate of drug-likeness (QED) is 0.0259. The van der Waals surface area contributed by atoms with E-state index in [9.17, 15) is 37.9 Å². The lowest BCUT2D eigenvalue weighted by Crippen LogP contribution is -2.60. The molecule has 0 spiro atoms. The number of esters is 2. The van der Waals surface area contributed by atoms with Crippen molar-refractivity contribution in [3.8, 4) is 0 Å². The zero-order valence-electron chi connectivity index (χ0n) is 37.4. The molecule has 6 unspecified atom stereocenters. The van der Waals surface area contributed by atoms with E-state index in [0.717, 1.165) is 38.5 Å². The van der Waals surface area contributed by atoms with Gasteiger partial charge in [-0.3, -0.25) is 14.1 Å². The predicted octanol–water partition coefficient (Wildman–Crippen LogP) is 10.1. The molecule has 1 heterocycles. The Bertz CT molecular complexity index is 1110. The van der Waals surface area contributed by atoms with Crippen molar-refractivity contribution in [2.75, 3.05) is 19.0 Å². The summed E-state index contributed by atoms with van der Waals surface area (Å²) < 4.78 is 54.1. The fourth-order valence-electron chi connectivity index (χ4n) is 7.68. The Hall–Kier alpha value is -1.35. The van der Waals surface area contributed by atoms with Crippen LogP contribution in [0.25, 0.3) is 0 Å². The number of unbranched alkanes of at least 4 members (excludes halogenated alkanes) is 29. The van der Waals surface area contributed by atoms with Crippen LogP contribution in [-0.4, -0.2) is 96.0 Å². The Labute approximate surface area is 359 Å². The molecule has 13 heteroatoms. The lowest BCUT2D eigenvalue weighted by molar-refractivity contribution is -0.297. The van der Waals surface area contributed by atoms with E-state index in [1.165, 1.54) is 148 Å². The van der Waals surface area contributed by atoms with Crippen molar-refractivity contribution in [3.63, 3.8) is 0 Å². The number of hydrogen-bond donors (Lipinski definition) is 4. The normalized spacial score (nSPS) is 20.1. The van der Waals surface area contributed by atoms with Crippen molar-refractivity contribution in [3.05, 3.63) is 0 Å². The van der Waals surface area contributed by atoms with E-state index in [4.69, 9.17) is 18.9 Å². The minimum absolute atomic E-state index is 0.173. The van der Waals surface area contributed by atoms with E-state index in [-0.39, 0.29) is 19.4 Å². The van der Waals surface area contributed by atoms with Crippen molar-refractivity contribution in [1.29, 1.82) is 0 Å². The van der Waals surface area contributed by atoms with Gasteiger partial charge in [-0.05, 0) is 12.8 Å². The van der Waals surface area contributed by atoms with Gasteiger partial charge < -0.3 is 34.3 Å².